The second-order valence-electron chi connectivity index (χ2n) is 8.31. The van der Waals surface area contributed by atoms with E-state index in [1.165, 1.54) is 0 Å². The van der Waals surface area contributed by atoms with Gasteiger partial charge in [-0.15, -0.1) is 11.3 Å². The Morgan fingerprint density at radius 2 is 2.19 bits per heavy atom. The first-order chi connectivity index (χ1) is 15.6. The summed E-state index contributed by atoms with van der Waals surface area (Å²) in [6, 6.07) is 6.14. The van der Waals surface area contributed by atoms with Gasteiger partial charge < -0.3 is 14.5 Å². The number of likely N-dealkylation sites (tertiary alicyclic amines) is 1. The van der Waals surface area contributed by atoms with E-state index in [1.54, 1.807) is 35.5 Å². The molecule has 4 rings (SSSR count). The van der Waals surface area contributed by atoms with Crippen molar-refractivity contribution >= 4 is 17.2 Å². The maximum atomic E-state index is 13.6. The molecule has 1 saturated heterocycles. The Balaban J connectivity index is 1.64. The molecule has 0 radical (unpaired) electrons. The van der Waals surface area contributed by atoms with Crippen molar-refractivity contribution in [3.63, 3.8) is 0 Å². The van der Waals surface area contributed by atoms with Crippen LogP contribution in [0.15, 0.2) is 36.0 Å². The van der Waals surface area contributed by atoms with Crippen LogP contribution in [-0.2, 0) is 11.3 Å². The number of methoxy groups -OCH3 is 1. The Bertz CT molecular complexity index is 1030. The van der Waals surface area contributed by atoms with Gasteiger partial charge in [-0.2, -0.15) is 9.78 Å². The van der Waals surface area contributed by atoms with E-state index in [1.807, 2.05) is 28.5 Å². The van der Waals surface area contributed by atoms with Gasteiger partial charge in [0.05, 0.1) is 34.6 Å². The van der Waals surface area contributed by atoms with Crippen LogP contribution in [0.5, 0.6) is 0 Å². The van der Waals surface area contributed by atoms with Crippen LogP contribution in [-0.4, -0.2) is 75.8 Å². The van der Waals surface area contributed by atoms with Crippen molar-refractivity contribution in [2.75, 3.05) is 34.3 Å². The summed E-state index contributed by atoms with van der Waals surface area (Å²) in [6.45, 7) is 1.99. The third kappa shape index (κ3) is 4.90. The Morgan fingerprint density at radius 1 is 1.31 bits per heavy atom. The number of carbonyl (C=O) groups is 1. The summed E-state index contributed by atoms with van der Waals surface area (Å²) in [5.74, 6) is 0.450. The standard InChI is InChI=1S/C23H30N6O2S/c1-27(2)13-10-17-7-4-5-12-28(17)22(30)18-15-25-29(20(18)16-31-3)23-24-11-9-19(26-23)21-8-6-14-32-21/h6,8-9,11,14-15,17H,4-5,7,10,12-13,16H2,1-3H3. The molecule has 1 aliphatic rings. The molecule has 0 N–H and O–H groups in total. The van der Waals surface area contributed by atoms with E-state index in [2.05, 4.69) is 29.1 Å². The topological polar surface area (TPSA) is 76.4 Å². The fraction of sp³-hybridized carbons (Fsp3) is 0.478. The summed E-state index contributed by atoms with van der Waals surface area (Å²) < 4.78 is 7.07. The van der Waals surface area contributed by atoms with Crippen LogP contribution in [0.1, 0.15) is 41.7 Å². The predicted molar refractivity (Wildman–Crippen MR) is 125 cm³/mol. The van der Waals surface area contributed by atoms with Crippen LogP contribution in [0.25, 0.3) is 16.5 Å². The molecule has 0 saturated carbocycles. The summed E-state index contributed by atoms with van der Waals surface area (Å²) in [7, 11) is 5.76. The monoisotopic (exact) mass is 454 g/mol. The molecule has 1 fully saturated rings. The summed E-state index contributed by atoms with van der Waals surface area (Å²) in [4.78, 5) is 28.0. The number of carbonyl (C=O) groups excluding carboxylic acids is 1. The lowest BCUT2D eigenvalue weighted by Crippen LogP contribution is -2.45. The number of amides is 1. The zero-order valence-corrected chi connectivity index (χ0v) is 19.7. The van der Waals surface area contributed by atoms with Gasteiger partial charge in [-0.25, -0.2) is 9.97 Å². The quantitative estimate of drug-likeness (QED) is 0.519. The van der Waals surface area contributed by atoms with Crippen LogP contribution in [0.3, 0.4) is 0 Å². The van der Waals surface area contributed by atoms with Crippen LogP contribution in [0.4, 0.5) is 0 Å². The van der Waals surface area contributed by atoms with Gasteiger partial charge in [-0.3, -0.25) is 4.79 Å². The van der Waals surface area contributed by atoms with E-state index in [9.17, 15) is 4.79 Å². The van der Waals surface area contributed by atoms with E-state index in [-0.39, 0.29) is 18.6 Å². The normalized spacial score (nSPS) is 16.6. The van der Waals surface area contributed by atoms with Gasteiger partial charge in [-0.1, -0.05) is 6.07 Å². The zero-order chi connectivity index (χ0) is 22.5. The molecular formula is C23H30N6O2S. The third-order valence-corrected chi connectivity index (χ3v) is 6.68. The minimum atomic E-state index is 0.0150. The Labute approximate surface area is 192 Å². The predicted octanol–water partition coefficient (Wildman–Crippen LogP) is 3.48. The van der Waals surface area contributed by atoms with Crippen molar-refractivity contribution in [3.05, 3.63) is 47.2 Å². The van der Waals surface area contributed by atoms with E-state index < -0.39 is 0 Å². The van der Waals surface area contributed by atoms with E-state index in [0.717, 1.165) is 49.3 Å². The molecule has 1 amide bonds. The molecule has 9 heteroatoms. The summed E-state index contributed by atoms with van der Waals surface area (Å²) in [5.41, 5.74) is 2.07. The fourth-order valence-corrected chi connectivity index (χ4v) is 4.84. The first kappa shape index (κ1) is 22.6. The minimum absolute atomic E-state index is 0.0150. The fourth-order valence-electron chi connectivity index (χ4n) is 4.14. The molecule has 0 bridgehead atoms. The molecule has 0 aromatic carbocycles. The highest BCUT2D eigenvalue weighted by atomic mass is 32.1. The first-order valence-electron chi connectivity index (χ1n) is 11.0. The SMILES string of the molecule is COCc1c(C(=O)N2CCCCC2CCN(C)C)cnn1-c1nccc(-c2cccs2)n1. The highest BCUT2D eigenvalue weighted by molar-refractivity contribution is 7.13. The van der Waals surface area contributed by atoms with Gasteiger partial charge in [0, 0.05) is 25.9 Å². The summed E-state index contributed by atoms with van der Waals surface area (Å²) >= 11 is 1.62. The molecule has 1 atom stereocenters. The molecule has 3 aromatic heterocycles. The van der Waals surface area contributed by atoms with Crippen molar-refractivity contribution in [2.24, 2.45) is 0 Å². The smallest absolute Gasteiger partial charge is 0.257 e. The largest absolute Gasteiger partial charge is 0.378 e. The summed E-state index contributed by atoms with van der Waals surface area (Å²) in [5, 5.41) is 6.52. The number of nitrogens with zero attached hydrogens (tertiary/aromatic N) is 6. The maximum absolute atomic E-state index is 13.6. The van der Waals surface area contributed by atoms with Crippen molar-refractivity contribution < 1.29 is 9.53 Å². The number of aromatic nitrogens is 4. The molecule has 0 spiro atoms. The molecule has 1 aliphatic heterocycles. The lowest BCUT2D eigenvalue weighted by molar-refractivity contribution is 0.0586. The Morgan fingerprint density at radius 3 is 2.94 bits per heavy atom. The van der Waals surface area contributed by atoms with E-state index >= 15 is 0 Å². The molecule has 3 aromatic rings. The van der Waals surface area contributed by atoms with Gasteiger partial charge >= 0.3 is 0 Å². The molecule has 0 aliphatic carbocycles. The lowest BCUT2D eigenvalue weighted by atomic mass is 9.98. The van der Waals surface area contributed by atoms with Crippen LogP contribution in [0.2, 0.25) is 0 Å². The van der Waals surface area contributed by atoms with Crippen molar-refractivity contribution in [2.45, 2.75) is 38.3 Å². The van der Waals surface area contributed by atoms with Gasteiger partial charge in [0.25, 0.3) is 11.9 Å². The average molecular weight is 455 g/mol. The van der Waals surface area contributed by atoms with E-state index in [0.29, 0.717) is 17.2 Å². The highest BCUT2D eigenvalue weighted by Gasteiger charge is 2.30. The maximum Gasteiger partial charge on any atom is 0.257 e. The molecule has 8 nitrogen and oxygen atoms in total. The van der Waals surface area contributed by atoms with Crippen molar-refractivity contribution in [1.29, 1.82) is 0 Å². The molecule has 4 heterocycles. The average Bonchev–Trinajstić information content (AvgIpc) is 3.48. The first-order valence-corrected chi connectivity index (χ1v) is 11.8. The van der Waals surface area contributed by atoms with Crippen LogP contribution < -0.4 is 0 Å². The second-order valence-corrected chi connectivity index (χ2v) is 9.26. The Kier molecular flexibility index (Phi) is 7.29. The van der Waals surface area contributed by atoms with Crippen LogP contribution in [0, 0.1) is 0 Å². The van der Waals surface area contributed by atoms with Crippen molar-refractivity contribution in [1.82, 2.24) is 29.5 Å². The van der Waals surface area contributed by atoms with Gasteiger partial charge in [-0.05, 0) is 63.8 Å². The highest BCUT2D eigenvalue weighted by Crippen LogP contribution is 2.26. The number of hydrogen-bond acceptors (Lipinski definition) is 7. The number of rotatable bonds is 8. The summed E-state index contributed by atoms with van der Waals surface area (Å²) in [6.07, 6.45) is 7.56. The number of thiophene rings is 1. The minimum Gasteiger partial charge on any atom is -0.378 e. The lowest BCUT2D eigenvalue weighted by Gasteiger charge is -2.36. The Hall–Kier alpha value is -2.62. The van der Waals surface area contributed by atoms with E-state index in [4.69, 9.17) is 9.72 Å². The van der Waals surface area contributed by atoms with Gasteiger partial charge in [0.15, 0.2) is 0 Å². The van der Waals surface area contributed by atoms with Gasteiger partial charge in [0.2, 0.25) is 0 Å². The second kappa shape index (κ2) is 10.3. The zero-order valence-electron chi connectivity index (χ0n) is 18.9. The molecule has 170 valence electrons. The van der Waals surface area contributed by atoms with Crippen molar-refractivity contribution in [3.8, 4) is 16.5 Å². The number of piperidine rings is 1. The van der Waals surface area contributed by atoms with Gasteiger partial charge in [0.1, 0.15) is 0 Å². The van der Waals surface area contributed by atoms with Crippen LogP contribution >= 0.6 is 11.3 Å². The molecule has 1 unspecified atom stereocenters. The molecule has 32 heavy (non-hydrogen) atoms. The third-order valence-electron chi connectivity index (χ3n) is 5.78. The number of ether oxygens (including phenoxy) is 1. The number of hydrogen-bond donors (Lipinski definition) is 0. The molecular weight excluding hydrogens is 424 g/mol.